The highest BCUT2D eigenvalue weighted by molar-refractivity contribution is 7.73. The summed E-state index contributed by atoms with van der Waals surface area (Å²) in [5.41, 5.74) is 2.18. The SMILES string of the molecule is O=c1c2sc(=S)n(-c3ccccc3)c2nc(NCc2ccc(F)cc2)n1-c1ccc(F)cc1. The second kappa shape index (κ2) is 8.68. The van der Waals surface area contributed by atoms with Crippen molar-refractivity contribution in [2.24, 2.45) is 0 Å². The molecule has 0 bridgehead atoms. The number of benzene rings is 3. The van der Waals surface area contributed by atoms with Crippen molar-refractivity contribution in [2.75, 3.05) is 5.32 Å². The Morgan fingerprint density at radius 1 is 0.848 bits per heavy atom. The number of fused-ring (bicyclic) bond motifs is 1. The minimum absolute atomic E-state index is 0.265. The molecule has 5 rings (SSSR count). The first-order valence-corrected chi connectivity index (χ1v) is 11.2. The van der Waals surface area contributed by atoms with Gasteiger partial charge in [-0.15, -0.1) is 0 Å². The van der Waals surface area contributed by atoms with Gasteiger partial charge >= 0.3 is 0 Å². The van der Waals surface area contributed by atoms with Gasteiger partial charge in [-0.2, -0.15) is 4.98 Å². The Hall–Kier alpha value is -3.69. The lowest BCUT2D eigenvalue weighted by Gasteiger charge is -2.15. The smallest absolute Gasteiger partial charge is 0.279 e. The zero-order valence-electron chi connectivity index (χ0n) is 17.0. The Bertz CT molecular complexity index is 1560. The first-order chi connectivity index (χ1) is 16.0. The van der Waals surface area contributed by atoms with Crippen molar-refractivity contribution in [3.8, 4) is 11.4 Å². The number of hydrogen-bond donors (Lipinski definition) is 1. The molecule has 0 aliphatic carbocycles. The molecule has 0 saturated heterocycles. The quantitative estimate of drug-likeness (QED) is 0.322. The highest BCUT2D eigenvalue weighted by Crippen LogP contribution is 2.26. The van der Waals surface area contributed by atoms with Crippen molar-refractivity contribution in [1.29, 1.82) is 0 Å². The van der Waals surface area contributed by atoms with Gasteiger partial charge in [0.1, 0.15) is 16.3 Å². The summed E-state index contributed by atoms with van der Waals surface area (Å²) in [5, 5.41) is 3.18. The molecule has 0 fully saturated rings. The van der Waals surface area contributed by atoms with Crippen LogP contribution in [0.3, 0.4) is 0 Å². The van der Waals surface area contributed by atoms with Gasteiger partial charge in [0.15, 0.2) is 9.60 Å². The normalized spacial score (nSPS) is 11.1. The fourth-order valence-electron chi connectivity index (χ4n) is 3.49. The molecule has 5 nitrogen and oxygen atoms in total. The van der Waals surface area contributed by atoms with E-state index in [4.69, 9.17) is 17.2 Å². The number of para-hydroxylation sites is 1. The van der Waals surface area contributed by atoms with Gasteiger partial charge in [-0.25, -0.2) is 13.3 Å². The van der Waals surface area contributed by atoms with Crippen LogP contribution in [0.2, 0.25) is 0 Å². The largest absolute Gasteiger partial charge is 0.351 e. The molecule has 9 heteroatoms. The molecular weight excluding hydrogens is 462 g/mol. The van der Waals surface area contributed by atoms with E-state index < -0.39 is 5.82 Å². The van der Waals surface area contributed by atoms with Crippen molar-refractivity contribution >= 4 is 39.9 Å². The fourth-order valence-corrected chi connectivity index (χ4v) is 4.80. The first kappa shape index (κ1) is 21.2. The average Bonchev–Trinajstić information content (AvgIpc) is 3.16. The predicted molar refractivity (Wildman–Crippen MR) is 129 cm³/mol. The van der Waals surface area contributed by atoms with E-state index in [0.717, 1.165) is 11.3 Å². The van der Waals surface area contributed by atoms with Crippen LogP contribution in [0.1, 0.15) is 5.56 Å². The maximum absolute atomic E-state index is 13.6. The minimum atomic E-state index is -0.410. The van der Waals surface area contributed by atoms with Gasteiger partial charge in [0.05, 0.1) is 5.69 Å². The van der Waals surface area contributed by atoms with Gasteiger partial charge in [0.2, 0.25) is 5.95 Å². The Kier molecular flexibility index (Phi) is 5.57. The second-order valence-electron chi connectivity index (χ2n) is 7.22. The van der Waals surface area contributed by atoms with E-state index in [2.05, 4.69) is 5.32 Å². The Morgan fingerprint density at radius 2 is 1.45 bits per heavy atom. The molecule has 5 aromatic rings. The number of thiazole rings is 1. The third kappa shape index (κ3) is 4.08. The summed E-state index contributed by atoms with van der Waals surface area (Å²) >= 11 is 6.73. The van der Waals surface area contributed by atoms with Crippen molar-refractivity contribution in [3.63, 3.8) is 0 Å². The molecule has 2 aromatic heterocycles. The van der Waals surface area contributed by atoms with Crippen molar-refractivity contribution in [1.82, 2.24) is 14.1 Å². The molecule has 2 heterocycles. The monoisotopic (exact) mass is 478 g/mol. The third-order valence-corrected chi connectivity index (χ3v) is 6.42. The van der Waals surface area contributed by atoms with Crippen LogP contribution < -0.4 is 10.9 Å². The van der Waals surface area contributed by atoms with E-state index in [0.29, 0.717) is 26.5 Å². The van der Waals surface area contributed by atoms with E-state index >= 15 is 0 Å². The Balaban J connectivity index is 1.71. The number of halogens is 2. The molecule has 33 heavy (non-hydrogen) atoms. The molecular formula is C24H16F2N4OS2. The Morgan fingerprint density at radius 3 is 2.12 bits per heavy atom. The number of hydrogen-bond acceptors (Lipinski definition) is 5. The van der Waals surface area contributed by atoms with Crippen LogP contribution in [0.15, 0.2) is 83.7 Å². The molecule has 0 saturated carbocycles. The van der Waals surface area contributed by atoms with Gasteiger partial charge in [-0.1, -0.05) is 41.7 Å². The summed E-state index contributed by atoms with van der Waals surface area (Å²) in [4.78, 5) is 18.3. The van der Waals surface area contributed by atoms with Crippen molar-refractivity contribution < 1.29 is 8.78 Å². The molecule has 0 aliphatic heterocycles. The van der Waals surface area contributed by atoms with Crippen LogP contribution in [-0.2, 0) is 6.54 Å². The minimum Gasteiger partial charge on any atom is -0.351 e. The molecule has 0 amide bonds. The first-order valence-electron chi connectivity index (χ1n) is 9.99. The summed E-state index contributed by atoms with van der Waals surface area (Å²) in [5.74, 6) is -0.477. The number of nitrogens with zero attached hydrogens (tertiary/aromatic N) is 3. The molecule has 0 unspecified atom stereocenters. The predicted octanol–water partition coefficient (Wildman–Crippen LogP) is 5.86. The maximum atomic E-state index is 13.6. The standard InChI is InChI=1S/C24H16F2N4OS2/c25-16-8-6-15(7-9-16)14-27-23-28-21-20(22(31)30(23)19-12-10-17(26)11-13-19)33-24(32)29(21)18-4-2-1-3-5-18/h1-13H,14H2,(H,27,28). The van der Waals surface area contributed by atoms with E-state index in [1.165, 1.54) is 52.3 Å². The highest BCUT2D eigenvalue weighted by atomic mass is 32.1. The van der Waals surface area contributed by atoms with E-state index in [9.17, 15) is 13.6 Å². The van der Waals surface area contributed by atoms with Gasteiger partial charge in [-0.3, -0.25) is 9.36 Å². The Labute approximate surface area is 196 Å². The van der Waals surface area contributed by atoms with Crippen LogP contribution in [0.4, 0.5) is 14.7 Å². The molecule has 1 N–H and O–H groups in total. The van der Waals surface area contributed by atoms with E-state index in [-0.39, 0.29) is 17.3 Å². The van der Waals surface area contributed by atoms with Crippen LogP contribution in [0.5, 0.6) is 0 Å². The molecule has 0 aliphatic rings. The zero-order chi connectivity index (χ0) is 22.9. The summed E-state index contributed by atoms with van der Waals surface area (Å²) in [6.45, 7) is 0.301. The van der Waals surface area contributed by atoms with Gasteiger partial charge in [0, 0.05) is 12.2 Å². The lowest BCUT2D eigenvalue weighted by molar-refractivity contribution is 0.626. The van der Waals surface area contributed by atoms with Crippen LogP contribution in [0, 0.1) is 15.6 Å². The molecule has 3 aromatic carbocycles. The van der Waals surface area contributed by atoms with Gasteiger partial charge in [0.25, 0.3) is 5.56 Å². The maximum Gasteiger partial charge on any atom is 0.279 e. The number of nitrogens with one attached hydrogen (secondary N) is 1. The average molecular weight is 479 g/mol. The second-order valence-corrected chi connectivity index (χ2v) is 8.87. The van der Waals surface area contributed by atoms with E-state index in [1.54, 1.807) is 16.7 Å². The van der Waals surface area contributed by atoms with Crippen molar-refractivity contribution in [2.45, 2.75) is 6.54 Å². The number of aromatic nitrogens is 3. The number of rotatable bonds is 5. The van der Waals surface area contributed by atoms with Crippen LogP contribution >= 0.6 is 23.6 Å². The number of anilines is 1. The summed E-state index contributed by atoms with van der Waals surface area (Å²) in [6.07, 6.45) is 0. The molecule has 0 atom stereocenters. The molecule has 164 valence electrons. The van der Waals surface area contributed by atoms with Gasteiger partial charge < -0.3 is 5.32 Å². The third-order valence-electron chi connectivity index (χ3n) is 5.07. The topological polar surface area (TPSA) is 51.9 Å². The van der Waals surface area contributed by atoms with E-state index in [1.807, 2.05) is 30.3 Å². The van der Waals surface area contributed by atoms with Crippen LogP contribution in [0.25, 0.3) is 21.7 Å². The van der Waals surface area contributed by atoms with Crippen molar-refractivity contribution in [3.05, 3.63) is 110 Å². The summed E-state index contributed by atoms with van der Waals surface area (Å²) in [6, 6.07) is 21.1. The molecule has 0 spiro atoms. The fraction of sp³-hybridized carbons (Fsp3) is 0.0417. The lowest BCUT2D eigenvalue weighted by Crippen LogP contribution is -2.23. The molecule has 0 radical (unpaired) electrons. The van der Waals surface area contributed by atoms with Gasteiger partial charge in [-0.05, 0) is 66.3 Å². The summed E-state index contributed by atoms with van der Waals surface area (Å²) in [7, 11) is 0. The van der Waals surface area contributed by atoms with Crippen LogP contribution in [-0.4, -0.2) is 14.1 Å². The zero-order valence-corrected chi connectivity index (χ0v) is 18.7. The lowest BCUT2D eigenvalue weighted by atomic mass is 10.2. The highest BCUT2D eigenvalue weighted by Gasteiger charge is 2.18. The summed E-state index contributed by atoms with van der Waals surface area (Å²) < 4.78 is 30.9.